The molecule has 104 valence electrons. The number of alkyl halides is 1. The predicted molar refractivity (Wildman–Crippen MR) is 73.5 cm³/mol. The number of nitrogens with zero attached hydrogens (tertiary/aromatic N) is 2. The van der Waals surface area contributed by atoms with Gasteiger partial charge in [0.1, 0.15) is 11.5 Å². The first-order chi connectivity index (χ1) is 9.63. The highest BCUT2D eigenvalue weighted by molar-refractivity contribution is 6.17. The first-order valence-electron chi connectivity index (χ1n) is 5.64. The summed E-state index contributed by atoms with van der Waals surface area (Å²) in [7, 11) is 1.47. The summed E-state index contributed by atoms with van der Waals surface area (Å²) in [6.07, 6.45) is 3.05. The summed E-state index contributed by atoms with van der Waals surface area (Å²) >= 11 is 5.71. The Morgan fingerprint density at radius 2 is 2.10 bits per heavy atom. The van der Waals surface area contributed by atoms with Gasteiger partial charge in [0.05, 0.1) is 18.2 Å². The normalized spacial score (nSPS) is 10.1. The van der Waals surface area contributed by atoms with Crippen LogP contribution < -0.4 is 9.47 Å². The molecule has 1 heterocycles. The lowest BCUT2D eigenvalue weighted by Crippen LogP contribution is -1.95. The molecule has 0 aliphatic heterocycles. The molecular weight excluding hydrogens is 284 g/mol. The molecule has 0 saturated heterocycles. The van der Waals surface area contributed by atoms with E-state index in [9.17, 15) is 10.1 Å². The van der Waals surface area contributed by atoms with Gasteiger partial charge in [-0.25, -0.2) is 0 Å². The van der Waals surface area contributed by atoms with Crippen LogP contribution in [0, 0.1) is 10.1 Å². The maximum absolute atomic E-state index is 11.0. The van der Waals surface area contributed by atoms with Crippen molar-refractivity contribution < 1.29 is 14.4 Å². The Kier molecular flexibility index (Phi) is 4.37. The van der Waals surface area contributed by atoms with Gasteiger partial charge in [-0.05, 0) is 17.7 Å². The van der Waals surface area contributed by atoms with Crippen molar-refractivity contribution in [3.05, 3.63) is 52.3 Å². The third kappa shape index (κ3) is 3.16. The van der Waals surface area contributed by atoms with E-state index in [4.69, 9.17) is 21.1 Å². The second-order valence-electron chi connectivity index (χ2n) is 3.86. The first kappa shape index (κ1) is 14.1. The molecule has 2 aromatic rings. The lowest BCUT2D eigenvalue weighted by atomic mass is 10.2. The molecule has 0 saturated carbocycles. The van der Waals surface area contributed by atoms with Gasteiger partial charge in [0.25, 0.3) is 0 Å². The van der Waals surface area contributed by atoms with Crippen molar-refractivity contribution in [1.29, 1.82) is 0 Å². The van der Waals surface area contributed by atoms with Crippen LogP contribution in [0.3, 0.4) is 0 Å². The predicted octanol–water partition coefficient (Wildman–Crippen LogP) is 3.53. The quantitative estimate of drug-likeness (QED) is 0.479. The number of rotatable bonds is 5. The average Bonchev–Trinajstić information content (AvgIpc) is 2.47. The van der Waals surface area contributed by atoms with Crippen molar-refractivity contribution in [2.75, 3.05) is 7.11 Å². The Morgan fingerprint density at radius 3 is 2.75 bits per heavy atom. The summed E-state index contributed by atoms with van der Waals surface area (Å²) in [5, 5.41) is 11.0. The molecule has 0 unspecified atom stereocenters. The van der Waals surface area contributed by atoms with Crippen molar-refractivity contribution >= 4 is 17.3 Å². The van der Waals surface area contributed by atoms with E-state index in [1.165, 1.54) is 31.5 Å². The van der Waals surface area contributed by atoms with Crippen LogP contribution >= 0.6 is 11.6 Å². The number of aromatic nitrogens is 1. The van der Waals surface area contributed by atoms with E-state index >= 15 is 0 Å². The van der Waals surface area contributed by atoms with E-state index < -0.39 is 4.92 Å². The number of halogens is 1. The highest BCUT2D eigenvalue weighted by Crippen LogP contribution is 2.34. The third-order valence-corrected chi connectivity index (χ3v) is 2.82. The summed E-state index contributed by atoms with van der Waals surface area (Å²) in [6, 6.07) is 5.94. The van der Waals surface area contributed by atoms with Gasteiger partial charge in [-0.15, -0.1) is 11.6 Å². The molecule has 0 amide bonds. The van der Waals surface area contributed by atoms with Gasteiger partial charge >= 0.3 is 5.69 Å². The molecule has 0 aliphatic rings. The van der Waals surface area contributed by atoms with Crippen molar-refractivity contribution in [3.63, 3.8) is 0 Å². The van der Waals surface area contributed by atoms with E-state index in [0.717, 1.165) is 5.56 Å². The molecule has 1 aromatic carbocycles. The number of hydrogen-bond donors (Lipinski definition) is 0. The SMILES string of the molecule is COc1ccc([N+](=O)[O-])c(Oc2cncc(CCl)c2)c1. The third-order valence-electron chi connectivity index (χ3n) is 2.52. The number of nitro groups is 1. The lowest BCUT2D eigenvalue weighted by Gasteiger charge is -2.08. The number of nitro benzene ring substituents is 1. The molecule has 20 heavy (non-hydrogen) atoms. The Morgan fingerprint density at radius 1 is 1.30 bits per heavy atom. The van der Waals surface area contributed by atoms with Crippen LogP contribution in [0.5, 0.6) is 17.2 Å². The molecule has 0 N–H and O–H groups in total. The molecule has 0 spiro atoms. The number of benzene rings is 1. The van der Waals surface area contributed by atoms with Crippen molar-refractivity contribution in [3.8, 4) is 17.2 Å². The zero-order chi connectivity index (χ0) is 14.5. The molecule has 0 atom stereocenters. The van der Waals surface area contributed by atoms with Crippen LogP contribution in [-0.4, -0.2) is 17.0 Å². The second kappa shape index (κ2) is 6.21. The standard InChI is InChI=1S/C13H11ClN2O4/c1-19-10-2-3-12(16(17)18)13(5-10)20-11-4-9(6-14)7-15-8-11/h2-5,7-8H,6H2,1H3. The Balaban J connectivity index is 2.37. The topological polar surface area (TPSA) is 74.5 Å². The van der Waals surface area contributed by atoms with Gasteiger partial charge in [0, 0.05) is 24.2 Å². The fraction of sp³-hybridized carbons (Fsp3) is 0.154. The van der Waals surface area contributed by atoms with E-state index in [1.807, 2.05) is 0 Å². The molecule has 0 bridgehead atoms. The van der Waals surface area contributed by atoms with Gasteiger partial charge in [0.2, 0.25) is 5.75 Å². The summed E-state index contributed by atoms with van der Waals surface area (Å²) in [5.41, 5.74) is 0.608. The first-order valence-corrected chi connectivity index (χ1v) is 6.17. The molecule has 0 radical (unpaired) electrons. The smallest absolute Gasteiger partial charge is 0.311 e. The molecule has 0 aliphatic carbocycles. The van der Waals surface area contributed by atoms with Gasteiger partial charge in [-0.3, -0.25) is 15.1 Å². The average molecular weight is 295 g/mol. The zero-order valence-electron chi connectivity index (χ0n) is 10.6. The lowest BCUT2D eigenvalue weighted by molar-refractivity contribution is -0.385. The summed E-state index contributed by atoms with van der Waals surface area (Å²) < 4.78 is 10.5. The maximum atomic E-state index is 11.0. The summed E-state index contributed by atoms with van der Waals surface area (Å²) in [6.45, 7) is 0. The maximum Gasteiger partial charge on any atom is 0.311 e. The minimum Gasteiger partial charge on any atom is -0.497 e. The van der Waals surface area contributed by atoms with Gasteiger partial charge < -0.3 is 9.47 Å². The molecule has 7 heteroatoms. The minimum absolute atomic E-state index is 0.0860. The van der Waals surface area contributed by atoms with Gasteiger partial charge in [-0.1, -0.05) is 0 Å². The van der Waals surface area contributed by atoms with Crippen molar-refractivity contribution in [2.45, 2.75) is 5.88 Å². The fourth-order valence-corrected chi connectivity index (χ4v) is 1.72. The molecular formula is C13H11ClN2O4. The Bertz CT molecular complexity index is 634. The Hall–Kier alpha value is -2.34. The minimum atomic E-state index is -0.520. The largest absolute Gasteiger partial charge is 0.497 e. The number of ether oxygens (including phenoxy) is 2. The second-order valence-corrected chi connectivity index (χ2v) is 4.12. The number of hydrogen-bond acceptors (Lipinski definition) is 5. The van der Waals surface area contributed by atoms with Crippen molar-refractivity contribution in [1.82, 2.24) is 4.98 Å². The number of pyridine rings is 1. The van der Waals surface area contributed by atoms with E-state index in [1.54, 1.807) is 12.3 Å². The number of methoxy groups -OCH3 is 1. The van der Waals surface area contributed by atoms with Crippen LogP contribution in [0.25, 0.3) is 0 Å². The van der Waals surface area contributed by atoms with Gasteiger partial charge in [-0.2, -0.15) is 0 Å². The zero-order valence-corrected chi connectivity index (χ0v) is 11.3. The van der Waals surface area contributed by atoms with Gasteiger partial charge in [0.15, 0.2) is 0 Å². The van der Waals surface area contributed by atoms with Crippen LogP contribution in [-0.2, 0) is 5.88 Å². The summed E-state index contributed by atoms with van der Waals surface area (Å²) in [5.74, 6) is 1.21. The molecule has 2 rings (SSSR count). The van der Waals surface area contributed by atoms with E-state index in [2.05, 4.69) is 4.98 Å². The van der Waals surface area contributed by atoms with Crippen molar-refractivity contribution in [2.24, 2.45) is 0 Å². The van der Waals surface area contributed by atoms with Crippen LogP contribution in [0.1, 0.15) is 5.56 Å². The molecule has 6 nitrogen and oxygen atoms in total. The molecule has 0 fully saturated rings. The van der Waals surface area contributed by atoms with E-state index in [0.29, 0.717) is 11.5 Å². The Labute approximate surface area is 120 Å². The van der Waals surface area contributed by atoms with Crippen LogP contribution in [0.2, 0.25) is 0 Å². The highest BCUT2D eigenvalue weighted by Gasteiger charge is 2.17. The summed E-state index contributed by atoms with van der Waals surface area (Å²) in [4.78, 5) is 14.4. The fourth-order valence-electron chi connectivity index (χ4n) is 1.57. The van der Waals surface area contributed by atoms with Crippen LogP contribution in [0.15, 0.2) is 36.7 Å². The van der Waals surface area contributed by atoms with E-state index in [-0.39, 0.29) is 17.3 Å². The van der Waals surface area contributed by atoms with Crippen LogP contribution in [0.4, 0.5) is 5.69 Å². The monoisotopic (exact) mass is 294 g/mol. The highest BCUT2D eigenvalue weighted by atomic mass is 35.5. The molecule has 1 aromatic heterocycles.